The highest BCUT2D eigenvalue weighted by Crippen LogP contribution is 2.28. The van der Waals surface area contributed by atoms with Crippen molar-refractivity contribution in [3.05, 3.63) is 18.2 Å². The van der Waals surface area contributed by atoms with Crippen LogP contribution in [-0.4, -0.2) is 60.5 Å². The van der Waals surface area contributed by atoms with Crippen LogP contribution in [-0.2, 0) is 14.9 Å². The summed E-state index contributed by atoms with van der Waals surface area (Å²) in [5.74, 6) is 1.18. The van der Waals surface area contributed by atoms with E-state index in [0.717, 1.165) is 52.5 Å². The molecular weight excluding hydrogens is 254 g/mol. The molecule has 3 heterocycles. The molecule has 1 aromatic rings. The lowest BCUT2D eigenvalue weighted by Gasteiger charge is -2.35. The molecule has 0 N–H and O–H groups in total. The minimum absolute atomic E-state index is 0.0451. The second-order valence-electron chi connectivity index (χ2n) is 6.45. The monoisotopic (exact) mass is 279 g/mol. The lowest BCUT2D eigenvalue weighted by atomic mass is 9.91. The number of rotatable bonds is 4. The van der Waals surface area contributed by atoms with Gasteiger partial charge in [-0.15, -0.1) is 0 Å². The molecule has 2 saturated heterocycles. The number of hydrogen-bond acceptors (Lipinski definition) is 4. The molecule has 0 bridgehead atoms. The highest BCUT2D eigenvalue weighted by molar-refractivity contribution is 5.10. The van der Waals surface area contributed by atoms with Gasteiger partial charge in [-0.3, -0.25) is 4.90 Å². The van der Waals surface area contributed by atoms with Crippen LogP contribution in [0, 0.1) is 0 Å². The maximum absolute atomic E-state index is 5.52. The van der Waals surface area contributed by atoms with Gasteiger partial charge >= 0.3 is 0 Å². The Morgan fingerprint density at radius 2 is 2.05 bits per heavy atom. The minimum atomic E-state index is 0.0451. The van der Waals surface area contributed by atoms with Crippen LogP contribution in [0.25, 0.3) is 0 Å². The van der Waals surface area contributed by atoms with Crippen molar-refractivity contribution in [3.63, 3.8) is 0 Å². The van der Waals surface area contributed by atoms with E-state index >= 15 is 0 Å². The van der Waals surface area contributed by atoms with Gasteiger partial charge in [0.1, 0.15) is 5.82 Å². The summed E-state index contributed by atoms with van der Waals surface area (Å²) < 4.78 is 13.3. The summed E-state index contributed by atoms with van der Waals surface area (Å²) in [6.45, 7) is 11.0. The Balaban J connectivity index is 1.74. The van der Waals surface area contributed by atoms with E-state index in [0.29, 0.717) is 6.04 Å². The van der Waals surface area contributed by atoms with Gasteiger partial charge in [-0.05, 0) is 6.42 Å². The lowest BCUT2D eigenvalue weighted by Crippen LogP contribution is -2.44. The average molecular weight is 279 g/mol. The van der Waals surface area contributed by atoms with Crippen molar-refractivity contribution < 1.29 is 9.47 Å². The van der Waals surface area contributed by atoms with E-state index in [1.807, 2.05) is 6.20 Å². The Bertz CT molecular complexity index is 432. The Kier molecular flexibility index (Phi) is 4.10. The quantitative estimate of drug-likeness (QED) is 0.836. The first-order valence-electron chi connectivity index (χ1n) is 7.58. The molecule has 0 aliphatic carbocycles. The van der Waals surface area contributed by atoms with Crippen LogP contribution in [0.5, 0.6) is 0 Å². The first-order valence-corrected chi connectivity index (χ1v) is 7.58. The van der Waals surface area contributed by atoms with Crippen molar-refractivity contribution in [2.45, 2.75) is 31.7 Å². The third kappa shape index (κ3) is 2.90. The molecule has 3 rings (SSSR count). The van der Waals surface area contributed by atoms with Crippen molar-refractivity contribution in [1.29, 1.82) is 0 Å². The number of morpholine rings is 1. The number of nitrogens with zero attached hydrogens (tertiary/aromatic N) is 3. The highest BCUT2D eigenvalue weighted by Gasteiger charge is 2.31. The predicted octanol–water partition coefficient (Wildman–Crippen LogP) is 1.45. The van der Waals surface area contributed by atoms with Gasteiger partial charge in [0, 0.05) is 44.0 Å². The van der Waals surface area contributed by atoms with Crippen LogP contribution in [0.1, 0.15) is 32.1 Å². The SMILES string of the molecule is CC(C)(CN1CCOCC1)c1nccn1C1CCOC1. The average Bonchev–Trinajstić information content (AvgIpc) is 3.10. The molecule has 1 unspecified atom stereocenters. The second-order valence-corrected chi connectivity index (χ2v) is 6.45. The fourth-order valence-corrected chi connectivity index (χ4v) is 3.26. The fraction of sp³-hybridized carbons (Fsp3) is 0.800. The van der Waals surface area contributed by atoms with Crippen molar-refractivity contribution in [1.82, 2.24) is 14.5 Å². The maximum Gasteiger partial charge on any atom is 0.115 e. The molecule has 0 radical (unpaired) electrons. The van der Waals surface area contributed by atoms with E-state index in [-0.39, 0.29) is 5.41 Å². The van der Waals surface area contributed by atoms with Gasteiger partial charge in [-0.2, -0.15) is 0 Å². The summed E-state index contributed by atoms with van der Waals surface area (Å²) in [7, 11) is 0. The number of ether oxygens (including phenoxy) is 2. The summed E-state index contributed by atoms with van der Waals surface area (Å²) in [5, 5.41) is 0. The molecule has 5 nitrogen and oxygen atoms in total. The first kappa shape index (κ1) is 14.0. The molecule has 0 amide bonds. The molecule has 2 fully saturated rings. The smallest absolute Gasteiger partial charge is 0.115 e. The molecule has 20 heavy (non-hydrogen) atoms. The number of hydrogen-bond donors (Lipinski definition) is 0. The number of aromatic nitrogens is 2. The Labute approximate surface area is 120 Å². The van der Waals surface area contributed by atoms with Gasteiger partial charge in [-0.1, -0.05) is 13.8 Å². The van der Waals surface area contributed by atoms with Gasteiger partial charge in [-0.25, -0.2) is 4.98 Å². The van der Waals surface area contributed by atoms with Crippen molar-refractivity contribution in [3.8, 4) is 0 Å². The van der Waals surface area contributed by atoms with Gasteiger partial charge in [0.25, 0.3) is 0 Å². The zero-order valence-electron chi connectivity index (χ0n) is 12.5. The second kappa shape index (κ2) is 5.84. The van der Waals surface area contributed by atoms with Crippen LogP contribution in [0.15, 0.2) is 12.4 Å². The van der Waals surface area contributed by atoms with E-state index in [1.165, 1.54) is 5.82 Å². The van der Waals surface area contributed by atoms with E-state index in [2.05, 4.69) is 34.5 Å². The van der Waals surface area contributed by atoms with E-state index in [4.69, 9.17) is 9.47 Å². The molecule has 1 aromatic heterocycles. The summed E-state index contributed by atoms with van der Waals surface area (Å²) in [4.78, 5) is 7.13. The Morgan fingerprint density at radius 3 is 2.75 bits per heavy atom. The van der Waals surface area contributed by atoms with Crippen molar-refractivity contribution >= 4 is 0 Å². The van der Waals surface area contributed by atoms with Crippen LogP contribution >= 0.6 is 0 Å². The minimum Gasteiger partial charge on any atom is -0.379 e. The highest BCUT2D eigenvalue weighted by atomic mass is 16.5. The normalized spacial score (nSPS) is 25.2. The first-order chi connectivity index (χ1) is 9.67. The molecule has 2 aliphatic heterocycles. The van der Waals surface area contributed by atoms with Crippen molar-refractivity contribution in [2.24, 2.45) is 0 Å². The predicted molar refractivity (Wildman–Crippen MR) is 77.0 cm³/mol. The zero-order valence-corrected chi connectivity index (χ0v) is 12.5. The number of imidazole rings is 1. The summed E-state index contributed by atoms with van der Waals surface area (Å²) >= 11 is 0. The molecule has 5 heteroatoms. The third-order valence-corrected chi connectivity index (χ3v) is 4.30. The Hall–Kier alpha value is -0.910. The van der Waals surface area contributed by atoms with Crippen molar-refractivity contribution in [2.75, 3.05) is 46.1 Å². The summed E-state index contributed by atoms with van der Waals surface area (Å²) in [6.07, 6.45) is 5.13. The zero-order chi connectivity index (χ0) is 14.0. The van der Waals surface area contributed by atoms with E-state index in [9.17, 15) is 0 Å². The lowest BCUT2D eigenvalue weighted by molar-refractivity contribution is 0.0285. The molecule has 0 saturated carbocycles. The van der Waals surface area contributed by atoms with Gasteiger partial charge in [0.15, 0.2) is 0 Å². The molecular formula is C15H25N3O2. The largest absolute Gasteiger partial charge is 0.379 e. The van der Waals surface area contributed by atoms with Crippen LogP contribution < -0.4 is 0 Å². The van der Waals surface area contributed by atoms with Gasteiger partial charge in [0.05, 0.1) is 25.9 Å². The summed E-state index contributed by atoms with van der Waals surface area (Å²) in [5.41, 5.74) is 0.0451. The molecule has 0 aromatic carbocycles. The van der Waals surface area contributed by atoms with E-state index < -0.39 is 0 Å². The third-order valence-electron chi connectivity index (χ3n) is 4.30. The molecule has 112 valence electrons. The van der Waals surface area contributed by atoms with E-state index in [1.54, 1.807) is 0 Å². The maximum atomic E-state index is 5.52. The van der Waals surface area contributed by atoms with Gasteiger partial charge < -0.3 is 14.0 Å². The van der Waals surface area contributed by atoms with Crippen LogP contribution in [0.2, 0.25) is 0 Å². The van der Waals surface area contributed by atoms with Gasteiger partial charge in [0.2, 0.25) is 0 Å². The Morgan fingerprint density at radius 1 is 1.25 bits per heavy atom. The van der Waals surface area contributed by atoms with Crippen LogP contribution in [0.4, 0.5) is 0 Å². The molecule has 0 spiro atoms. The molecule has 2 aliphatic rings. The van der Waals surface area contributed by atoms with Crippen LogP contribution in [0.3, 0.4) is 0 Å². The standard InChI is InChI=1S/C15H25N3O2/c1-15(2,12-17-6-9-19-10-7-17)14-16-4-5-18(14)13-3-8-20-11-13/h4-5,13H,3,6-12H2,1-2H3. The fourth-order valence-electron chi connectivity index (χ4n) is 3.26. The topological polar surface area (TPSA) is 39.5 Å². The molecule has 1 atom stereocenters. The summed E-state index contributed by atoms with van der Waals surface area (Å²) in [6, 6.07) is 0.455.